The minimum Gasteiger partial charge on any atom is -0.495 e. The minimum absolute atomic E-state index is 0.0374. The Balaban J connectivity index is 1.85. The number of methoxy groups -OCH3 is 1. The van der Waals surface area contributed by atoms with E-state index < -0.39 is 34.1 Å². The van der Waals surface area contributed by atoms with Crippen LogP contribution >= 0.6 is 0 Å². The third kappa shape index (κ3) is 8.75. The highest BCUT2D eigenvalue weighted by atomic mass is 32.2. The van der Waals surface area contributed by atoms with Crippen molar-refractivity contribution in [2.24, 2.45) is 0 Å². The van der Waals surface area contributed by atoms with Crippen molar-refractivity contribution in [2.45, 2.75) is 64.1 Å². The molecule has 1 N–H and O–H groups in total. The molecule has 0 aromatic heterocycles. The molecule has 0 aliphatic carbocycles. The highest BCUT2D eigenvalue weighted by Gasteiger charge is 2.36. The van der Waals surface area contributed by atoms with E-state index in [-0.39, 0.29) is 29.5 Å². The van der Waals surface area contributed by atoms with Gasteiger partial charge in [-0.2, -0.15) is 0 Å². The molecule has 0 fully saturated rings. The first-order valence-electron chi connectivity index (χ1n) is 15.2. The van der Waals surface area contributed by atoms with Crippen LogP contribution in [0.3, 0.4) is 0 Å². The fraction of sp³-hybridized carbons (Fsp3) is 0.297. The van der Waals surface area contributed by atoms with Gasteiger partial charge in [0.25, 0.3) is 10.0 Å². The Morgan fingerprint density at radius 3 is 1.93 bits per heavy atom. The predicted molar refractivity (Wildman–Crippen MR) is 182 cm³/mol. The number of aryl methyl sites for hydroxylation is 2. The molecule has 0 unspecified atom stereocenters. The van der Waals surface area contributed by atoms with Crippen LogP contribution in [-0.2, 0) is 32.6 Å². The van der Waals surface area contributed by atoms with Gasteiger partial charge < -0.3 is 15.0 Å². The lowest BCUT2D eigenvalue weighted by Crippen LogP contribution is -2.56. The van der Waals surface area contributed by atoms with E-state index in [0.717, 1.165) is 26.6 Å². The number of ether oxygens (including phenoxy) is 1. The largest absolute Gasteiger partial charge is 0.495 e. The molecule has 0 radical (unpaired) electrons. The number of amides is 2. The molecule has 1 atom stereocenters. The second-order valence-electron chi connectivity index (χ2n) is 12.5. The van der Waals surface area contributed by atoms with Gasteiger partial charge in [-0.25, -0.2) is 8.42 Å². The zero-order valence-electron chi connectivity index (χ0n) is 27.4. The van der Waals surface area contributed by atoms with Crippen molar-refractivity contribution in [3.05, 3.63) is 125 Å². The predicted octanol–water partition coefficient (Wildman–Crippen LogP) is 6.06. The summed E-state index contributed by atoms with van der Waals surface area (Å²) < 4.78 is 35.4. The molecule has 0 aliphatic heterocycles. The maximum atomic E-state index is 14.6. The molecule has 0 bridgehead atoms. The highest BCUT2D eigenvalue weighted by molar-refractivity contribution is 7.92. The average molecular weight is 642 g/mol. The smallest absolute Gasteiger partial charge is 0.264 e. The van der Waals surface area contributed by atoms with Crippen molar-refractivity contribution >= 4 is 27.5 Å². The van der Waals surface area contributed by atoms with Gasteiger partial charge in [-0.05, 0) is 75.6 Å². The Labute approximate surface area is 273 Å². The van der Waals surface area contributed by atoms with Crippen LogP contribution in [0, 0.1) is 13.8 Å². The van der Waals surface area contributed by atoms with Crippen LogP contribution in [0.25, 0.3) is 0 Å². The normalized spacial score (nSPS) is 12.2. The molecular formula is C37H43N3O5S. The molecule has 0 aliphatic rings. The van der Waals surface area contributed by atoms with E-state index in [4.69, 9.17) is 4.74 Å². The van der Waals surface area contributed by atoms with Gasteiger partial charge in [-0.1, -0.05) is 84.4 Å². The Morgan fingerprint density at radius 2 is 1.37 bits per heavy atom. The molecule has 9 heteroatoms. The molecule has 4 aromatic rings. The van der Waals surface area contributed by atoms with Gasteiger partial charge in [-0.3, -0.25) is 13.9 Å². The van der Waals surface area contributed by atoms with Crippen LogP contribution < -0.4 is 14.4 Å². The number of hydrogen-bond acceptors (Lipinski definition) is 5. The van der Waals surface area contributed by atoms with Gasteiger partial charge in [0.05, 0.1) is 17.7 Å². The van der Waals surface area contributed by atoms with Crippen LogP contribution in [0.2, 0.25) is 0 Å². The molecule has 0 saturated heterocycles. The number of hydrogen-bond donors (Lipinski definition) is 1. The lowest BCUT2D eigenvalue weighted by Gasteiger charge is -2.35. The molecule has 2 amide bonds. The summed E-state index contributed by atoms with van der Waals surface area (Å²) in [6.07, 6.45) is 0.236. The third-order valence-corrected chi connectivity index (χ3v) is 9.23. The molecule has 0 spiro atoms. The van der Waals surface area contributed by atoms with Crippen molar-refractivity contribution in [2.75, 3.05) is 18.0 Å². The average Bonchev–Trinajstić information content (AvgIpc) is 3.01. The van der Waals surface area contributed by atoms with Crippen molar-refractivity contribution < 1.29 is 22.7 Å². The van der Waals surface area contributed by atoms with Crippen molar-refractivity contribution in [3.8, 4) is 5.75 Å². The van der Waals surface area contributed by atoms with E-state index in [1.54, 1.807) is 24.3 Å². The maximum absolute atomic E-state index is 14.6. The lowest BCUT2D eigenvalue weighted by molar-refractivity contribution is -0.140. The number of sulfonamides is 1. The lowest BCUT2D eigenvalue weighted by atomic mass is 10.0. The number of nitrogens with zero attached hydrogens (tertiary/aromatic N) is 2. The third-order valence-electron chi connectivity index (χ3n) is 7.46. The second-order valence-corrected chi connectivity index (χ2v) is 14.3. The Bertz CT molecular complexity index is 1740. The van der Waals surface area contributed by atoms with Crippen LogP contribution in [0.1, 0.15) is 43.0 Å². The number of carbonyl (C=O) groups excluding carboxylic acids is 2. The van der Waals surface area contributed by atoms with E-state index >= 15 is 0 Å². The highest BCUT2D eigenvalue weighted by Crippen LogP contribution is 2.34. The first-order chi connectivity index (χ1) is 21.8. The first-order valence-corrected chi connectivity index (χ1v) is 16.7. The van der Waals surface area contributed by atoms with Gasteiger partial charge in [-0.15, -0.1) is 0 Å². The van der Waals surface area contributed by atoms with Gasteiger partial charge in [0, 0.05) is 18.5 Å². The summed E-state index contributed by atoms with van der Waals surface area (Å²) in [4.78, 5) is 30.2. The molecule has 4 rings (SSSR count). The summed E-state index contributed by atoms with van der Waals surface area (Å²) in [6.45, 7) is 8.90. The second kappa shape index (κ2) is 14.6. The number of anilines is 1. The Morgan fingerprint density at radius 1 is 0.804 bits per heavy atom. The monoisotopic (exact) mass is 641 g/mol. The summed E-state index contributed by atoms with van der Waals surface area (Å²) in [6, 6.07) is 29.6. The van der Waals surface area contributed by atoms with E-state index in [1.807, 2.05) is 101 Å². The van der Waals surface area contributed by atoms with Crippen LogP contribution in [-0.4, -0.2) is 50.4 Å². The van der Waals surface area contributed by atoms with Crippen molar-refractivity contribution in [1.29, 1.82) is 0 Å². The number of benzene rings is 4. The zero-order valence-corrected chi connectivity index (χ0v) is 28.2. The summed E-state index contributed by atoms with van der Waals surface area (Å²) in [5, 5.41) is 3.05. The van der Waals surface area contributed by atoms with Gasteiger partial charge in [0.2, 0.25) is 11.8 Å². The van der Waals surface area contributed by atoms with E-state index in [9.17, 15) is 18.0 Å². The molecule has 0 saturated carbocycles. The Kier molecular flexibility index (Phi) is 10.9. The fourth-order valence-electron chi connectivity index (χ4n) is 5.13. The topological polar surface area (TPSA) is 96.0 Å². The SMILES string of the molecule is COc1ccc(C)cc1N(CC(=O)N(Cc1ccccc1)[C@H](Cc1ccccc1)C(=O)NC(C)(C)C)S(=O)(=O)c1ccc(C)cc1. The zero-order chi connectivity index (χ0) is 33.5. The van der Waals surface area contributed by atoms with E-state index in [1.165, 1.54) is 24.1 Å². The summed E-state index contributed by atoms with van der Waals surface area (Å²) in [5.74, 6) is -0.565. The van der Waals surface area contributed by atoms with Gasteiger partial charge in [0.15, 0.2) is 0 Å². The van der Waals surface area contributed by atoms with Crippen LogP contribution in [0.4, 0.5) is 5.69 Å². The minimum atomic E-state index is -4.25. The number of rotatable bonds is 12. The fourth-order valence-corrected chi connectivity index (χ4v) is 6.55. The van der Waals surface area contributed by atoms with Crippen molar-refractivity contribution in [1.82, 2.24) is 10.2 Å². The molecule has 0 heterocycles. The maximum Gasteiger partial charge on any atom is 0.264 e. The quantitative estimate of drug-likeness (QED) is 0.203. The molecule has 4 aromatic carbocycles. The molecular weight excluding hydrogens is 598 g/mol. The number of carbonyl (C=O) groups is 2. The summed E-state index contributed by atoms with van der Waals surface area (Å²) in [7, 11) is -2.79. The summed E-state index contributed by atoms with van der Waals surface area (Å²) in [5.41, 5.74) is 3.03. The Hall–Kier alpha value is -4.63. The standard InChI is InChI=1S/C37H43N3O5S/c1-27-17-20-31(21-18-27)46(43,44)40(32-23-28(2)19-22-34(32)45-6)26-35(41)39(25-30-15-11-8-12-16-30)33(36(42)38-37(3,4)5)24-29-13-9-7-10-14-29/h7-23,33H,24-26H2,1-6H3,(H,38,42)/t33-/m1/s1. The van der Waals surface area contributed by atoms with Gasteiger partial charge >= 0.3 is 0 Å². The molecule has 46 heavy (non-hydrogen) atoms. The van der Waals surface area contributed by atoms with Crippen LogP contribution in [0.5, 0.6) is 5.75 Å². The number of nitrogens with one attached hydrogen (secondary N) is 1. The van der Waals surface area contributed by atoms with E-state index in [2.05, 4.69) is 5.32 Å². The first kappa shape index (κ1) is 34.2. The van der Waals surface area contributed by atoms with Crippen LogP contribution in [0.15, 0.2) is 108 Å². The van der Waals surface area contributed by atoms with Crippen molar-refractivity contribution in [3.63, 3.8) is 0 Å². The molecule has 242 valence electrons. The van der Waals surface area contributed by atoms with Gasteiger partial charge in [0.1, 0.15) is 18.3 Å². The summed E-state index contributed by atoms with van der Waals surface area (Å²) >= 11 is 0. The molecule has 8 nitrogen and oxygen atoms in total. The van der Waals surface area contributed by atoms with E-state index in [0.29, 0.717) is 5.75 Å².